The van der Waals surface area contributed by atoms with Crippen LogP contribution in [0.15, 0.2) is 59.5 Å². The first-order valence-electron chi connectivity index (χ1n) is 9.20. The maximum atomic E-state index is 12.5. The highest BCUT2D eigenvalue weighted by Gasteiger charge is 2.25. The highest BCUT2D eigenvalue weighted by molar-refractivity contribution is 7.89. The summed E-state index contributed by atoms with van der Waals surface area (Å²) in [6, 6.07) is 15.4. The predicted molar refractivity (Wildman–Crippen MR) is 106 cm³/mol. The molecule has 7 heteroatoms. The van der Waals surface area contributed by atoms with Crippen LogP contribution in [-0.2, 0) is 10.0 Å². The molecule has 1 heterocycles. The average molecular weight is 388 g/mol. The fourth-order valence-electron chi connectivity index (χ4n) is 3.34. The van der Waals surface area contributed by atoms with Gasteiger partial charge in [0.1, 0.15) is 0 Å². The first kappa shape index (κ1) is 19.5. The highest BCUT2D eigenvalue weighted by Crippen LogP contribution is 2.17. The Bertz CT molecular complexity index is 867. The number of hydrogen-bond acceptors (Lipinski definition) is 4. The van der Waals surface area contributed by atoms with E-state index in [4.69, 9.17) is 0 Å². The van der Waals surface area contributed by atoms with E-state index in [1.165, 1.54) is 24.3 Å². The molecule has 1 aliphatic rings. The maximum absolute atomic E-state index is 12.5. The van der Waals surface area contributed by atoms with Gasteiger partial charge in [-0.3, -0.25) is 9.69 Å². The zero-order chi connectivity index (χ0) is 19.3. The van der Waals surface area contributed by atoms with Crippen molar-refractivity contribution in [3.63, 3.8) is 0 Å². The summed E-state index contributed by atoms with van der Waals surface area (Å²) in [6.07, 6.45) is 2.11. The van der Waals surface area contributed by atoms with Gasteiger partial charge in [0.25, 0.3) is 5.91 Å². The molecule has 1 saturated heterocycles. The molecule has 3 rings (SSSR count). The molecule has 6 nitrogen and oxygen atoms in total. The van der Waals surface area contributed by atoms with Crippen LogP contribution in [0.25, 0.3) is 0 Å². The predicted octanol–water partition coefficient (Wildman–Crippen LogP) is 2.70. The summed E-state index contributed by atoms with van der Waals surface area (Å²) in [5.41, 5.74) is 1.10. The van der Waals surface area contributed by atoms with Crippen LogP contribution < -0.4 is 10.0 Å². The van der Waals surface area contributed by atoms with Crippen LogP contribution in [0.1, 0.15) is 30.1 Å². The van der Waals surface area contributed by atoms with Crippen molar-refractivity contribution in [1.82, 2.24) is 9.62 Å². The van der Waals surface area contributed by atoms with Gasteiger partial charge < -0.3 is 5.32 Å². The minimum atomic E-state index is -3.59. The molecule has 1 amide bonds. The molecule has 1 fully saturated rings. The number of amides is 1. The van der Waals surface area contributed by atoms with E-state index >= 15 is 0 Å². The van der Waals surface area contributed by atoms with Gasteiger partial charge >= 0.3 is 0 Å². The lowest BCUT2D eigenvalue weighted by Crippen LogP contribution is -2.39. The molecule has 27 heavy (non-hydrogen) atoms. The molecule has 1 aliphatic heterocycles. The third-order valence-corrected chi connectivity index (χ3v) is 6.31. The molecule has 0 aromatic heterocycles. The lowest BCUT2D eigenvalue weighted by molar-refractivity contribution is 0.102. The number of likely N-dealkylation sites (tertiary alicyclic amines) is 1. The first-order chi connectivity index (χ1) is 13.0. The summed E-state index contributed by atoms with van der Waals surface area (Å²) >= 11 is 0. The first-order valence-corrected chi connectivity index (χ1v) is 10.7. The molecule has 0 spiro atoms. The number of rotatable bonds is 7. The molecule has 0 radical (unpaired) electrons. The zero-order valence-corrected chi connectivity index (χ0v) is 16.2. The van der Waals surface area contributed by atoms with Gasteiger partial charge in [-0.1, -0.05) is 25.1 Å². The molecule has 2 N–H and O–H groups in total. The van der Waals surface area contributed by atoms with Crippen LogP contribution in [0.2, 0.25) is 0 Å². The molecule has 2 aromatic carbocycles. The van der Waals surface area contributed by atoms with E-state index in [1.807, 2.05) is 18.2 Å². The molecule has 0 aliphatic carbocycles. The average Bonchev–Trinajstić information content (AvgIpc) is 3.15. The van der Waals surface area contributed by atoms with Crippen molar-refractivity contribution in [3.05, 3.63) is 60.2 Å². The molecule has 0 unspecified atom stereocenters. The van der Waals surface area contributed by atoms with Crippen molar-refractivity contribution in [1.29, 1.82) is 0 Å². The van der Waals surface area contributed by atoms with E-state index in [9.17, 15) is 13.2 Å². The Morgan fingerprint density at radius 1 is 1.11 bits per heavy atom. The Morgan fingerprint density at radius 3 is 2.48 bits per heavy atom. The second kappa shape index (κ2) is 8.65. The quantitative estimate of drug-likeness (QED) is 0.766. The molecule has 0 saturated carbocycles. The fraction of sp³-hybridized carbons (Fsp3) is 0.350. The van der Waals surface area contributed by atoms with Gasteiger partial charge in [0.15, 0.2) is 0 Å². The summed E-state index contributed by atoms with van der Waals surface area (Å²) in [7, 11) is -3.59. The second-order valence-electron chi connectivity index (χ2n) is 6.62. The van der Waals surface area contributed by atoms with Gasteiger partial charge in [-0.25, -0.2) is 13.1 Å². The number of para-hydroxylation sites is 1. The monoisotopic (exact) mass is 387 g/mol. The Morgan fingerprint density at radius 2 is 1.81 bits per heavy atom. The Balaban J connectivity index is 1.62. The molecule has 0 bridgehead atoms. The number of anilines is 1. The van der Waals surface area contributed by atoms with Gasteiger partial charge in [0, 0.05) is 23.8 Å². The standard InChI is InChI=1S/C20H25N3O3S/c1-2-23-14-6-9-18(23)15-21-27(25,26)19-12-10-16(11-13-19)20(24)22-17-7-4-3-5-8-17/h3-5,7-8,10-13,18,21H,2,6,9,14-15H2,1H3,(H,22,24)/t18-/m0/s1. The zero-order valence-electron chi connectivity index (χ0n) is 15.4. The smallest absolute Gasteiger partial charge is 0.255 e. The summed E-state index contributed by atoms with van der Waals surface area (Å²) in [5, 5.41) is 2.78. The second-order valence-corrected chi connectivity index (χ2v) is 8.39. The summed E-state index contributed by atoms with van der Waals surface area (Å²) < 4.78 is 27.8. The minimum Gasteiger partial charge on any atom is -0.322 e. The molecule has 1 atom stereocenters. The maximum Gasteiger partial charge on any atom is 0.255 e. The number of nitrogens with zero attached hydrogens (tertiary/aromatic N) is 1. The van der Waals surface area contributed by atoms with Gasteiger partial charge in [0.05, 0.1) is 4.90 Å². The van der Waals surface area contributed by atoms with Crippen molar-refractivity contribution in [2.75, 3.05) is 25.0 Å². The summed E-state index contributed by atoms with van der Waals surface area (Å²) in [5.74, 6) is -0.275. The molecule has 2 aromatic rings. The van der Waals surface area contributed by atoms with Crippen LogP contribution >= 0.6 is 0 Å². The van der Waals surface area contributed by atoms with Crippen LogP contribution in [-0.4, -0.2) is 44.9 Å². The third-order valence-electron chi connectivity index (χ3n) is 4.87. The van der Waals surface area contributed by atoms with Crippen molar-refractivity contribution in [2.24, 2.45) is 0 Å². The van der Waals surface area contributed by atoms with E-state index in [0.29, 0.717) is 17.8 Å². The van der Waals surface area contributed by atoms with E-state index in [2.05, 4.69) is 21.9 Å². The van der Waals surface area contributed by atoms with Crippen molar-refractivity contribution < 1.29 is 13.2 Å². The highest BCUT2D eigenvalue weighted by atomic mass is 32.2. The van der Waals surface area contributed by atoms with E-state index in [0.717, 1.165) is 25.9 Å². The van der Waals surface area contributed by atoms with Crippen LogP contribution in [0.5, 0.6) is 0 Å². The number of sulfonamides is 1. The van der Waals surface area contributed by atoms with Gasteiger partial charge in [-0.05, 0) is 62.3 Å². The van der Waals surface area contributed by atoms with E-state index in [1.54, 1.807) is 12.1 Å². The fourth-order valence-corrected chi connectivity index (χ4v) is 4.41. The van der Waals surface area contributed by atoms with Crippen molar-refractivity contribution >= 4 is 21.6 Å². The summed E-state index contributed by atoms with van der Waals surface area (Å²) in [4.78, 5) is 14.7. The normalized spacial score (nSPS) is 17.7. The lowest BCUT2D eigenvalue weighted by Gasteiger charge is -2.22. The number of benzene rings is 2. The Labute approximate surface area is 160 Å². The number of hydrogen-bond donors (Lipinski definition) is 2. The van der Waals surface area contributed by atoms with Crippen molar-refractivity contribution in [2.45, 2.75) is 30.7 Å². The lowest BCUT2D eigenvalue weighted by atomic mass is 10.2. The number of carbonyl (C=O) groups is 1. The van der Waals surface area contributed by atoms with Crippen LogP contribution in [0.3, 0.4) is 0 Å². The summed E-state index contributed by atoms with van der Waals surface area (Å²) in [6.45, 7) is 4.45. The topological polar surface area (TPSA) is 78.5 Å². The number of likely N-dealkylation sites (N-methyl/N-ethyl adjacent to an activating group) is 1. The molecular formula is C20H25N3O3S. The number of nitrogens with one attached hydrogen (secondary N) is 2. The van der Waals surface area contributed by atoms with E-state index < -0.39 is 10.0 Å². The third kappa shape index (κ3) is 4.94. The van der Waals surface area contributed by atoms with Crippen LogP contribution in [0, 0.1) is 0 Å². The molecular weight excluding hydrogens is 362 g/mol. The van der Waals surface area contributed by atoms with Gasteiger partial charge in [-0.2, -0.15) is 0 Å². The Hall–Kier alpha value is -2.22. The van der Waals surface area contributed by atoms with Gasteiger partial charge in [0.2, 0.25) is 10.0 Å². The van der Waals surface area contributed by atoms with Crippen LogP contribution in [0.4, 0.5) is 5.69 Å². The van der Waals surface area contributed by atoms with Gasteiger partial charge in [-0.15, -0.1) is 0 Å². The Kier molecular flexibility index (Phi) is 6.26. The molecule has 144 valence electrons. The minimum absolute atomic E-state index is 0.166. The van der Waals surface area contributed by atoms with Crippen molar-refractivity contribution in [3.8, 4) is 0 Å². The number of carbonyl (C=O) groups excluding carboxylic acids is 1. The largest absolute Gasteiger partial charge is 0.322 e. The van der Waals surface area contributed by atoms with E-state index in [-0.39, 0.29) is 16.8 Å². The SMILES string of the molecule is CCN1CCC[C@H]1CNS(=O)(=O)c1ccc(C(=O)Nc2ccccc2)cc1.